The Bertz CT molecular complexity index is 7990. The predicted molar refractivity (Wildman–Crippen MR) is 614 cm³/mol. The minimum atomic E-state index is -0.966. The minimum Gasteiger partial charge on any atom is -0.386 e. The lowest BCUT2D eigenvalue weighted by atomic mass is 9.87. The van der Waals surface area contributed by atoms with Gasteiger partial charge in [0.2, 0.25) is 0 Å². The number of halogens is 1. The number of carbonyl (C=O) groups excluding carboxylic acids is 1. The van der Waals surface area contributed by atoms with Crippen LogP contribution in [0.15, 0.2) is 256 Å². The van der Waals surface area contributed by atoms with Crippen LogP contribution in [0.2, 0.25) is 0 Å². The monoisotopic (exact) mass is 2040 g/mol. The largest absolute Gasteiger partial charge is 0.386 e. The van der Waals surface area contributed by atoms with Gasteiger partial charge < -0.3 is 50.1 Å². The van der Waals surface area contributed by atoms with E-state index < -0.39 is 17.4 Å². The number of anilines is 3. The standard InChI is InChI=1S/C36H35N5O.C27H32N6O2.C23H24N2.C21H23FN2OS.C17H16N2OS.CH4/c42-36-33(23-26-11-4-1-5-12-26)37-31-25-34-32(24-30(31)39-36)38-35(41(34)22-10-21-40-19-8-3-9-20-40)29-17-15-28(16-18-29)27-13-6-2-7-14-27;1-2-21-16-28-17-25(30-21)20-14-24(27(35)29-15-20)31-26(34)19-7-9-22(10-8-19)33-13-5-6-23(33)18-32-11-3-4-12-32;1-15-6-7-16-11-19(12-18(16)10-15)23-22-13-21(9-8-17(22)14-24-23)25-20-4-2-3-5-20;1-4-21(25,5-2)16-7-6-13-8-15(9-14(13)10-16)19-20-17(23-24-19)11-18(26-20)12(3)22;1-17(2,20)13-4-3-10-7-12(8-11(10)9-13)15-16-14(18-19-15)5-6-21-16;/h1-2,4-7,11-18,24-25H,3,8-10,19-23H2,(H,39,42);7-10,14-17,23H,2-6,11-13,18H2,1H3,(H,29,35)(H,31,34);6-11,13,20,25H,2-5,12,14H2,1H3;6-8,10-12,25H,4-5,9H2,1-3H3,(H,23,24);3-7,9,20H,8H2,1-2H3,(H,18,19);1H4/t;23-;;;;/m.0..../s1. The number of nitrogens with one attached hydrogen (secondary N) is 6. The fourth-order valence-electron chi connectivity index (χ4n) is 22.3. The first-order valence-electron chi connectivity index (χ1n) is 53.3. The van der Waals surface area contributed by atoms with Gasteiger partial charge in [0.05, 0.1) is 83.5 Å². The highest BCUT2D eigenvalue weighted by atomic mass is 32.1. The van der Waals surface area contributed by atoms with Crippen molar-refractivity contribution in [3.63, 3.8) is 0 Å². The number of likely N-dealkylation sites (tertiary alicyclic amines) is 2. The van der Waals surface area contributed by atoms with Gasteiger partial charge in [0.25, 0.3) is 17.0 Å². The number of benzene rings is 9. The third-order valence-electron chi connectivity index (χ3n) is 30.8. The molecule has 0 radical (unpaired) electrons. The molecule has 9 aromatic carbocycles. The third kappa shape index (κ3) is 23.0. The van der Waals surface area contributed by atoms with Crippen LogP contribution in [0.25, 0.3) is 106 Å². The number of hydrogen-bond donors (Lipinski definition) is 8. The van der Waals surface area contributed by atoms with Crippen molar-refractivity contribution in [2.75, 3.05) is 61.3 Å². The van der Waals surface area contributed by atoms with Gasteiger partial charge >= 0.3 is 0 Å². The maximum absolute atomic E-state index is 13.6. The number of fused-ring (bicyclic) bond motifs is 8. The Morgan fingerprint density at radius 3 is 1.97 bits per heavy atom. The first-order chi connectivity index (χ1) is 72.5. The van der Waals surface area contributed by atoms with Crippen LogP contribution < -0.4 is 26.7 Å². The molecule has 1 unspecified atom stereocenters. The van der Waals surface area contributed by atoms with Gasteiger partial charge in [-0.1, -0.05) is 199 Å². The number of aliphatic hydroxyl groups is 2. The molecule has 1 saturated carbocycles. The number of pyridine rings is 1. The predicted octanol–water partition coefficient (Wildman–Crippen LogP) is 26.4. The normalized spacial score (nSPS) is 16.0. The number of carbonyl (C=O) groups is 1. The Kier molecular flexibility index (Phi) is 31.3. The highest BCUT2D eigenvalue weighted by Gasteiger charge is 2.33. The summed E-state index contributed by atoms with van der Waals surface area (Å²) in [5.41, 5.74) is 34.3. The minimum absolute atomic E-state index is 0. The summed E-state index contributed by atoms with van der Waals surface area (Å²) >= 11 is 3.19. The van der Waals surface area contributed by atoms with Crippen LogP contribution in [0, 0.1) is 6.92 Å². The number of H-pyrrole nitrogens is 4. The second-order valence-electron chi connectivity index (χ2n) is 41.5. The van der Waals surface area contributed by atoms with Gasteiger partial charge in [-0.15, -0.1) is 22.7 Å². The van der Waals surface area contributed by atoms with E-state index in [1.165, 1.54) is 197 Å². The maximum atomic E-state index is 13.6. The lowest BCUT2D eigenvalue weighted by Gasteiger charge is -2.30. The summed E-state index contributed by atoms with van der Waals surface area (Å²) in [6, 6.07) is 73.7. The molecule has 768 valence electrons. The van der Waals surface area contributed by atoms with E-state index in [0.29, 0.717) is 59.4 Å². The van der Waals surface area contributed by atoms with Crippen molar-refractivity contribution >= 4 is 123 Å². The Morgan fingerprint density at radius 1 is 0.587 bits per heavy atom. The van der Waals surface area contributed by atoms with E-state index in [2.05, 4.69) is 222 Å². The summed E-state index contributed by atoms with van der Waals surface area (Å²) in [6.45, 7) is 23.2. The maximum Gasteiger partial charge on any atom is 0.271 e. The van der Waals surface area contributed by atoms with Crippen LogP contribution >= 0.6 is 22.7 Å². The third-order valence-corrected chi connectivity index (χ3v) is 33.0. The summed E-state index contributed by atoms with van der Waals surface area (Å²) in [4.78, 5) is 76.0. The topological polar surface area (TPSA) is 283 Å². The summed E-state index contributed by atoms with van der Waals surface area (Å²) in [5, 5.41) is 44.6. The van der Waals surface area contributed by atoms with Gasteiger partial charge in [-0.05, 0) is 311 Å². The first kappa shape index (κ1) is 103. The van der Waals surface area contributed by atoms with Crippen LogP contribution in [-0.4, -0.2) is 144 Å². The molecule has 22 nitrogen and oxygen atoms in total. The summed E-state index contributed by atoms with van der Waals surface area (Å²) in [7, 11) is 0. The quantitative estimate of drug-likeness (QED) is 0.0264. The van der Waals surface area contributed by atoms with E-state index in [-0.39, 0.29) is 30.1 Å². The number of thiophene rings is 2. The summed E-state index contributed by atoms with van der Waals surface area (Å²) < 4.78 is 18.2. The Labute approximate surface area is 884 Å². The van der Waals surface area contributed by atoms with E-state index in [1.807, 2.05) is 120 Å². The molecule has 8 aliphatic rings. The number of imidazole rings is 1. The van der Waals surface area contributed by atoms with Crippen molar-refractivity contribution in [1.82, 2.24) is 64.7 Å². The van der Waals surface area contributed by atoms with Gasteiger partial charge in [0.15, 0.2) is 0 Å². The van der Waals surface area contributed by atoms with Crippen molar-refractivity contribution in [2.24, 2.45) is 4.99 Å². The number of rotatable bonds is 25. The van der Waals surface area contributed by atoms with Crippen LogP contribution in [-0.2, 0) is 56.4 Å². The number of aromatic amines is 4. The number of amides is 1. The zero-order chi connectivity index (χ0) is 102. The Hall–Kier alpha value is -14.3. The van der Waals surface area contributed by atoms with Gasteiger partial charge in [0, 0.05) is 108 Å². The number of alkyl halides is 1. The molecule has 1 amide bonds. The highest BCUT2D eigenvalue weighted by Crippen LogP contribution is 2.44. The van der Waals surface area contributed by atoms with Crippen molar-refractivity contribution < 1.29 is 19.4 Å². The number of allylic oxidation sites excluding steroid dienone is 3. The fourth-order valence-corrected chi connectivity index (χ4v) is 24.2. The molecule has 8 aromatic heterocycles. The van der Waals surface area contributed by atoms with Crippen LogP contribution in [0.5, 0.6) is 0 Å². The number of nitrogens with zero attached hydrogens (tertiary/aromatic N) is 11. The molecule has 4 fully saturated rings. The van der Waals surface area contributed by atoms with E-state index >= 15 is 0 Å². The molecular formula is C125H134FN17O5S2. The molecule has 8 N–H and O–H groups in total. The van der Waals surface area contributed by atoms with Crippen LogP contribution in [0.4, 0.5) is 21.5 Å². The lowest BCUT2D eigenvalue weighted by molar-refractivity contribution is 0.0283. The molecule has 25 rings (SSSR count). The molecule has 3 saturated heterocycles. The van der Waals surface area contributed by atoms with Gasteiger partial charge in [-0.25, -0.2) is 19.3 Å². The van der Waals surface area contributed by atoms with E-state index in [9.17, 15) is 29.0 Å². The molecule has 4 aliphatic heterocycles. The summed E-state index contributed by atoms with van der Waals surface area (Å²) in [5.74, 6) is 0.632. The molecule has 0 spiro atoms. The molecule has 17 aromatic rings. The van der Waals surface area contributed by atoms with Crippen molar-refractivity contribution in [3.05, 3.63) is 363 Å². The molecule has 4 aliphatic carbocycles. The number of aromatic nitrogens is 11. The second-order valence-corrected chi connectivity index (χ2v) is 43.5. The fraction of sp³-hybridized carbons (Fsp3) is 0.328. The van der Waals surface area contributed by atoms with Gasteiger partial charge in [-0.3, -0.25) is 34.6 Å². The zero-order valence-electron chi connectivity index (χ0n) is 86.0. The number of hydrogen-bond acceptors (Lipinski definition) is 18. The molecule has 0 bridgehead atoms. The molecular weight excluding hydrogens is 1900 g/mol. The number of aryl methyl sites for hydroxylation is 3. The molecule has 12 heterocycles. The van der Waals surface area contributed by atoms with E-state index in [4.69, 9.17) is 15.0 Å². The van der Waals surface area contributed by atoms with Gasteiger partial charge in [-0.2, -0.15) is 10.2 Å². The van der Waals surface area contributed by atoms with E-state index in [0.717, 1.165) is 158 Å². The average Bonchev–Trinajstić information content (AvgIpc) is 1.60. The number of piperidine rings is 1. The number of aliphatic imine (C=N–C) groups is 1. The SMILES string of the molecule is C.CC(C)(O)c1ccc2c(c1)CC(c1n[nH]c3ccsc13)=C2.CCC(O)(CC)c1ccc2c(c1)CC(c1n[nH]c3cc(C(C)F)sc13)=C2.CCc1cncc(-c2c[nH]c(=O)c(NC(=O)c3ccc(N4CCC[C@H]4CN4CCCC4)cc3)c2)n1.Cc1ccc2c(c1)CC(C1=NCc3ccc(NC4CCCC4)cc31)=C2.O=c1[nH]c2cc3nc(-c4ccc(-c5ccccc5)cc4)n(CCCN4CCCCC4)c3cc2nc1Cc1ccccc1. The highest BCUT2D eigenvalue weighted by molar-refractivity contribution is 7.19. The van der Waals surface area contributed by atoms with E-state index in [1.54, 1.807) is 42.9 Å². The van der Waals surface area contributed by atoms with Crippen molar-refractivity contribution in [3.8, 4) is 33.8 Å². The average molecular weight is 2040 g/mol. The molecule has 150 heavy (non-hydrogen) atoms. The first-order valence-corrected chi connectivity index (χ1v) is 55.0. The van der Waals surface area contributed by atoms with Crippen LogP contribution in [0.1, 0.15) is 250 Å². The summed E-state index contributed by atoms with van der Waals surface area (Å²) in [6.07, 6.45) is 31.4. The Morgan fingerprint density at radius 2 is 1.25 bits per heavy atom. The molecule has 25 heteroatoms. The van der Waals surface area contributed by atoms with Crippen molar-refractivity contribution in [2.45, 2.75) is 220 Å². The Balaban J connectivity index is 0.000000116. The van der Waals surface area contributed by atoms with Gasteiger partial charge in [0.1, 0.15) is 34.8 Å². The van der Waals surface area contributed by atoms with Crippen LogP contribution in [0.3, 0.4) is 0 Å². The second kappa shape index (κ2) is 45.6. The smallest absolute Gasteiger partial charge is 0.271 e. The lowest BCUT2D eigenvalue weighted by Crippen LogP contribution is -2.39. The molecule has 2 atom stereocenters. The van der Waals surface area contributed by atoms with Crippen molar-refractivity contribution in [1.29, 1.82) is 0 Å². The zero-order valence-corrected chi connectivity index (χ0v) is 87.6.